The van der Waals surface area contributed by atoms with Crippen molar-refractivity contribution in [2.45, 2.75) is 50.0 Å². The van der Waals surface area contributed by atoms with Crippen molar-refractivity contribution < 1.29 is 14.6 Å². The maximum absolute atomic E-state index is 11.9. The molecule has 1 aromatic rings. The number of carbonyl (C=O) groups excluding carboxylic acids is 1. The number of rotatable bonds is 4. The van der Waals surface area contributed by atoms with Gasteiger partial charge in [0.25, 0.3) is 0 Å². The largest absolute Gasteiger partial charge is 0.504 e. The molecule has 2 atom stereocenters. The summed E-state index contributed by atoms with van der Waals surface area (Å²) in [5.41, 5.74) is 1.17. The van der Waals surface area contributed by atoms with Crippen LogP contribution in [0.2, 0.25) is 0 Å². The van der Waals surface area contributed by atoms with Gasteiger partial charge in [0.1, 0.15) is 5.78 Å². The van der Waals surface area contributed by atoms with E-state index in [1.165, 1.54) is 12.8 Å². The van der Waals surface area contributed by atoms with Gasteiger partial charge >= 0.3 is 0 Å². The zero-order valence-corrected chi connectivity index (χ0v) is 13.8. The average molecular weight is 315 g/mol. The van der Waals surface area contributed by atoms with Gasteiger partial charge in [0.2, 0.25) is 0 Å². The molecule has 0 bridgehead atoms. The number of ether oxygens (including phenoxy) is 1. The number of carbonyl (C=O) groups is 1. The van der Waals surface area contributed by atoms with Gasteiger partial charge in [-0.3, -0.25) is 4.79 Å². The van der Waals surface area contributed by atoms with E-state index in [2.05, 4.69) is 18.0 Å². The molecule has 0 amide bonds. The number of hydrogen-bond donors (Lipinski definition) is 1. The first kappa shape index (κ1) is 15.0. The number of likely N-dealkylation sites (N-methyl/N-ethyl adjacent to an activating group) is 1. The Balaban J connectivity index is 1.60. The number of Topliss-reactive ketones (excluding diaryl/α,β-unsaturated/α-hetero) is 1. The highest BCUT2D eigenvalue weighted by atomic mass is 16.5. The monoisotopic (exact) mass is 315 g/mol. The molecule has 1 saturated heterocycles. The Hall–Kier alpha value is -1.55. The van der Waals surface area contributed by atoms with Gasteiger partial charge in [0.05, 0.1) is 6.61 Å². The smallest absolute Gasteiger partial charge is 0.160 e. The Morgan fingerprint density at radius 2 is 2.17 bits per heavy atom. The highest BCUT2D eigenvalue weighted by Crippen LogP contribution is 2.49. The molecule has 23 heavy (non-hydrogen) atoms. The van der Waals surface area contributed by atoms with Gasteiger partial charge < -0.3 is 14.7 Å². The zero-order chi connectivity index (χ0) is 16.0. The molecule has 1 aromatic carbocycles. The third-order valence-electron chi connectivity index (χ3n) is 6.06. The van der Waals surface area contributed by atoms with E-state index in [0.29, 0.717) is 36.9 Å². The SMILES string of the molecule is CN1CC[C@]2(c3ccc(OCC4CC4)c(O)c3)CCC(=O)C[C@H]12. The number of ketones is 1. The van der Waals surface area contributed by atoms with E-state index in [-0.39, 0.29) is 17.2 Å². The molecule has 0 aromatic heterocycles. The van der Waals surface area contributed by atoms with Crippen molar-refractivity contribution in [2.24, 2.45) is 5.92 Å². The van der Waals surface area contributed by atoms with Gasteiger partial charge in [-0.05, 0) is 62.9 Å². The summed E-state index contributed by atoms with van der Waals surface area (Å²) in [4.78, 5) is 14.2. The molecule has 2 aliphatic carbocycles. The molecule has 1 heterocycles. The molecule has 3 aliphatic rings. The second-order valence-corrected chi connectivity index (χ2v) is 7.58. The summed E-state index contributed by atoms with van der Waals surface area (Å²) in [6.07, 6.45) is 5.72. The number of phenols is 1. The molecule has 124 valence electrons. The van der Waals surface area contributed by atoms with E-state index >= 15 is 0 Å². The Kier molecular flexibility index (Phi) is 3.60. The maximum Gasteiger partial charge on any atom is 0.160 e. The molecule has 4 rings (SSSR count). The second-order valence-electron chi connectivity index (χ2n) is 7.58. The molecule has 4 heteroatoms. The van der Waals surface area contributed by atoms with Crippen molar-refractivity contribution in [3.8, 4) is 11.5 Å². The van der Waals surface area contributed by atoms with Crippen LogP contribution in [-0.2, 0) is 10.2 Å². The Labute approximate surface area is 137 Å². The van der Waals surface area contributed by atoms with Crippen molar-refractivity contribution >= 4 is 5.78 Å². The number of aromatic hydroxyl groups is 1. The fraction of sp³-hybridized carbons (Fsp3) is 0.632. The summed E-state index contributed by atoms with van der Waals surface area (Å²) in [6.45, 7) is 1.72. The number of fused-ring (bicyclic) bond motifs is 1. The van der Waals surface area contributed by atoms with Crippen molar-refractivity contribution in [1.29, 1.82) is 0 Å². The van der Waals surface area contributed by atoms with E-state index < -0.39 is 0 Å². The normalized spacial score (nSPS) is 31.2. The van der Waals surface area contributed by atoms with Crippen molar-refractivity contribution in [1.82, 2.24) is 4.90 Å². The van der Waals surface area contributed by atoms with Crippen LogP contribution in [0.3, 0.4) is 0 Å². The quantitative estimate of drug-likeness (QED) is 0.928. The minimum atomic E-state index is 0.00909. The van der Waals surface area contributed by atoms with E-state index in [1.807, 2.05) is 12.1 Å². The van der Waals surface area contributed by atoms with Crippen LogP contribution in [0.5, 0.6) is 11.5 Å². The fourth-order valence-electron chi connectivity index (χ4n) is 4.37. The van der Waals surface area contributed by atoms with E-state index in [9.17, 15) is 9.90 Å². The van der Waals surface area contributed by atoms with Crippen molar-refractivity contribution in [3.63, 3.8) is 0 Å². The number of phenolic OH excluding ortho intramolecular Hbond substituents is 1. The van der Waals surface area contributed by atoms with Gasteiger partial charge in [-0.1, -0.05) is 6.07 Å². The lowest BCUT2D eigenvalue weighted by Gasteiger charge is -2.41. The highest BCUT2D eigenvalue weighted by Gasteiger charge is 2.50. The first-order valence-corrected chi connectivity index (χ1v) is 8.77. The second kappa shape index (κ2) is 5.52. The van der Waals surface area contributed by atoms with Crippen LogP contribution in [0.4, 0.5) is 0 Å². The molecule has 4 nitrogen and oxygen atoms in total. The number of likely N-dealkylation sites (tertiary alicyclic amines) is 1. The van der Waals surface area contributed by atoms with Crippen LogP contribution in [0.1, 0.15) is 44.1 Å². The average Bonchev–Trinajstić information content (AvgIpc) is 3.31. The summed E-state index contributed by atoms with van der Waals surface area (Å²) < 4.78 is 5.74. The van der Waals surface area contributed by atoms with E-state index in [4.69, 9.17) is 4.74 Å². The minimum absolute atomic E-state index is 0.00909. The molecule has 3 fully saturated rings. The topological polar surface area (TPSA) is 49.8 Å². The molecule has 0 spiro atoms. The third-order valence-corrected chi connectivity index (χ3v) is 6.06. The minimum Gasteiger partial charge on any atom is -0.504 e. The predicted octanol–water partition coefficient (Wildman–Crippen LogP) is 2.88. The van der Waals surface area contributed by atoms with Crippen molar-refractivity contribution in [2.75, 3.05) is 20.2 Å². The number of benzene rings is 1. The Bertz CT molecular complexity index is 625. The fourth-order valence-corrected chi connectivity index (χ4v) is 4.37. The molecule has 2 saturated carbocycles. The summed E-state index contributed by atoms with van der Waals surface area (Å²) in [5, 5.41) is 10.4. The highest BCUT2D eigenvalue weighted by molar-refractivity contribution is 5.81. The predicted molar refractivity (Wildman–Crippen MR) is 87.9 cm³/mol. The van der Waals surface area contributed by atoms with Gasteiger partial charge in [-0.2, -0.15) is 0 Å². The van der Waals surface area contributed by atoms with E-state index in [0.717, 1.165) is 24.9 Å². The molecule has 0 radical (unpaired) electrons. The first-order valence-electron chi connectivity index (χ1n) is 8.77. The summed E-state index contributed by atoms with van der Waals surface area (Å²) in [6, 6.07) is 6.16. The van der Waals surface area contributed by atoms with Crippen LogP contribution < -0.4 is 4.74 Å². The molecular weight excluding hydrogens is 290 g/mol. The Morgan fingerprint density at radius 1 is 1.35 bits per heavy atom. The van der Waals surface area contributed by atoms with Gasteiger partial charge in [-0.15, -0.1) is 0 Å². The zero-order valence-electron chi connectivity index (χ0n) is 13.8. The summed E-state index contributed by atoms with van der Waals surface area (Å²) >= 11 is 0. The molecule has 0 unspecified atom stereocenters. The van der Waals surface area contributed by atoms with Crippen LogP contribution >= 0.6 is 0 Å². The molecule has 1 N–H and O–H groups in total. The standard InChI is InChI=1S/C19H25NO3/c1-20-9-8-19(7-6-15(21)11-18(19)20)14-4-5-17(16(22)10-14)23-12-13-2-3-13/h4-5,10,13,18,22H,2-3,6-9,11-12H2,1H3/t18-,19-/m0/s1. The lowest BCUT2D eigenvalue weighted by molar-refractivity contribution is -0.122. The van der Waals surface area contributed by atoms with Crippen LogP contribution in [0.15, 0.2) is 18.2 Å². The molecule has 1 aliphatic heterocycles. The van der Waals surface area contributed by atoms with Gasteiger partial charge in [0.15, 0.2) is 11.5 Å². The summed E-state index contributed by atoms with van der Waals surface area (Å²) in [7, 11) is 2.11. The Morgan fingerprint density at radius 3 is 2.91 bits per heavy atom. The maximum atomic E-state index is 11.9. The number of nitrogens with zero attached hydrogens (tertiary/aromatic N) is 1. The molecular formula is C19H25NO3. The van der Waals surface area contributed by atoms with E-state index in [1.54, 1.807) is 0 Å². The summed E-state index contributed by atoms with van der Waals surface area (Å²) in [5.74, 6) is 1.87. The lowest BCUT2D eigenvalue weighted by atomic mass is 9.66. The lowest BCUT2D eigenvalue weighted by Crippen LogP contribution is -2.46. The third kappa shape index (κ3) is 2.63. The number of hydrogen-bond acceptors (Lipinski definition) is 4. The van der Waals surface area contributed by atoms with Crippen LogP contribution in [0.25, 0.3) is 0 Å². The van der Waals surface area contributed by atoms with Crippen LogP contribution in [-0.4, -0.2) is 42.0 Å². The van der Waals surface area contributed by atoms with Crippen LogP contribution in [0, 0.1) is 5.92 Å². The van der Waals surface area contributed by atoms with Gasteiger partial charge in [-0.25, -0.2) is 0 Å². The van der Waals surface area contributed by atoms with Gasteiger partial charge in [0, 0.05) is 24.3 Å². The first-order chi connectivity index (χ1) is 11.1. The van der Waals surface area contributed by atoms with Crippen molar-refractivity contribution in [3.05, 3.63) is 23.8 Å².